The van der Waals surface area contributed by atoms with Gasteiger partial charge in [0.05, 0.1) is 10.4 Å². The van der Waals surface area contributed by atoms with Gasteiger partial charge in [0.25, 0.3) is 0 Å². The summed E-state index contributed by atoms with van der Waals surface area (Å²) in [4.78, 5) is 0. The minimum Gasteiger partial charge on any atom is -0.113 e. The molecule has 3 heteroatoms. The normalized spacial score (nSPS) is 12.5. The largest absolute Gasteiger partial charge is 0.113 e. The van der Waals surface area contributed by atoms with Gasteiger partial charge in [0.1, 0.15) is 0 Å². The van der Waals surface area contributed by atoms with Crippen molar-refractivity contribution >= 4 is 39.1 Å². The molecule has 0 aliphatic rings. The Morgan fingerprint density at radius 2 is 1.71 bits per heavy atom. The number of halogens is 3. The zero-order valence-corrected chi connectivity index (χ0v) is 12.4. The third-order valence-electron chi connectivity index (χ3n) is 2.62. The van der Waals surface area contributed by atoms with E-state index in [1.165, 1.54) is 5.56 Å². The fourth-order valence-corrected chi connectivity index (χ4v) is 2.63. The highest BCUT2D eigenvalue weighted by Gasteiger charge is 2.15. The number of hydrogen-bond donors (Lipinski definition) is 0. The van der Waals surface area contributed by atoms with Crippen molar-refractivity contribution in [1.29, 1.82) is 0 Å². The van der Waals surface area contributed by atoms with Crippen molar-refractivity contribution in [2.75, 3.05) is 0 Å². The topological polar surface area (TPSA) is 0 Å². The Labute approximate surface area is 120 Å². The van der Waals surface area contributed by atoms with E-state index in [2.05, 4.69) is 35.0 Å². The molecule has 0 aromatic heterocycles. The molecule has 0 N–H and O–H groups in total. The maximum atomic E-state index is 6.46. The molecule has 0 nitrogen and oxygen atoms in total. The van der Waals surface area contributed by atoms with Crippen LogP contribution in [0.2, 0.25) is 5.02 Å². The highest BCUT2D eigenvalue weighted by Crippen LogP contribution is 2.36. The van der Waals surface area contributed by atoms with Gasteiger partial charge in [-0.25, -0.2) is 0 Å². The van der Waals surface area contributed by atoms with Gasteiger partial charge in [-0.3, -0.25) is 0 Å². The lowest BCUT2D eigenvalue weighted by Gasteiger charge is -2.13. The van der Waals surface area contributed by atoms with Crippen molar-refractivity contribution in [2.24, 2.45) is 0 Å². The average molecular weight is 330 g/mol. The zero-order valence-electron chi connectivity index (χ0n) is 9.25. The van der Waals surface area contributed by atoms with Crippen LogP contribution in [-0.4, -0.2) is 0 Å². The van der Waals surface area contributed by atoms with Gasteiger partial charge in [0.15, 0.2) is 0 Å². The van der Waals surface area contributed by atoms with Gasteiger partial charge in [-0.1, -0.05) is 53.6 Å². The van der Waals surface area contributed by atoms with E-state index in [1.807, 2.05) is 30.3 Å². The Morgan fingerprint density at radius 1 is 1.06 bits per heavy atom. The molecule has 17 heavy (non-hydrogen) atoms. The lowest BCUT2D eigenvalue weighted by molar-refractivity contribution is 1.13. The van der Waals surface area contributed by atoms with Crippen LogP contribution in [-0.2, 0) is 0 Å². The predicted molar refractivity (Wildman–Crippen MR) is 78.0 cm³/mol. The predicted octanol–water partition coefficient (Wildman–Crippen LogP) is 5.74. The van der Waals surface area contributed by atoms with Gasteiger partial charge in [-0.2, -0.15) is 0 Å². The fourth-order valence-electron chi connectivity index (χ4n) is 1.63. The Kier molecular flexibility index (Phi) is 4.13. The second-order valence-electron chi connectivity index (χ2n) is 3.92. The molecule has 2 aromatic rings. The van der Waals surface area contributed by atoms with Crippen LogP contribution < -0.4 is 0 Å². The van der Waals surface area contributed by atoms with E-state index in [4.69, 9.17) is 23.2 Å². The third-order valence-corrected chi connectivity index (χ3v) is 4.42. The van der Waals surface area contributed by atoms with Gasteiger partial charge in [-0.05, 0) is 40.0 Å². The molecule has 0 heterocycles. The molecule has 1 unspecified atom stereocenters. The van der Waals surface area contributed by atoms with Crippen LogP contribution in [0.15, 0.2) is 46.9 Å². The van der Waals surface area contributed by atoms with Crippen molar-refractivity contribution in [3.63, 3.8) is 0 Å². The summed E-state index contributed by atoms with van der Waals surface area (Å²) in [5.41, 5.74) is 3.20. The molecule has 88 valence electrons. The Hall–Kier alpha value is -0.500. The van der Waals surface area contributed by atoms with E-state index in [0.717, 1.165) is 15.6 Å². The molecule has 0 saturated heterocycles. The molecule has 2 aromatic carbocycles. The maximum Gasteiger partial charge on any atom is 0.0850 e. The second-order valence-corrected chi connectivity index (χ2v) is 5.59. The van der Waals surface area contributed by atoms with Crippen molar-refractivity contribution in [1.82, 2.24) is 0 Å². The summed E-state index contributed by atoms with van der Waals surface area (Å²) < 4.78 is 0.870. The molecule has 0 saturated carbocycles. The van der Waals surface area contributed by atoms with Crippen molar-refractivity contribution in [2.45, 2.75) is 12.3 Å². The molecule has 2 rings (SSSR count). The quantitative estimate of drug-likeness (QED) is 0.616. The van der Waals surface area contributed by atoms with Gasteiger partial charge in [0, 0.05) is 4.47 Å². The van der Waals surface area contributed by atoms with Gasteiger partial charge in [0.2, 0.25) is 0 Å². The summed E-state index contributed by atoms with van der Waals surface area (Å²) in [6, 6.07) is 14.0. The first kappa shape index (κ1) is 12.9. The Balaban J connectivity index is 2.40. The third kappa shape index (κ3) is 2.85. The van der Waals surface area contributed by atoms with Crippen LogP contribution >= 0.6 is 39.1 Å². The van der Waals surface area contributed by atoms with Crippen molar-refractivity contribution in [3.05, 3.63) is 68.7 Å². The monoisotopic (exact) mass is 328 g/mol. The van der Waals surface area contributed by atoms with Crippen LogP contribution in [0.1, 0.15) is 22.1 Å². The molecule has 0 bridgehead atoms. The summed E-state index contributed by atoms with van der Waals surface area (Å²) in [5, 5.41) is 0.452. The summed E-state index contributed by atoms with van der Waals surface area (Å²) in [5.74, 6) is 0. The molecule has 0 aliphatic carbocycles. The number of benzene rings is 2. The van der Waals surface area contributed by atoms with Crippen LogP contribution in [0.3, 0.4) is 0 Å². The first-order valence-corrected chi connectivity index (χ1v) is 6.85. The molecule has 0 radical (unpaired) electrons. The summed E-state index contributed by atoms with van der Waals surface area (Å²) in [6.07, 6.45) is 0. The molecule has 1 atom stereocenters. The van der Waals surface area contributed by atoms with Gasteiger partial charge >= 0.3 is 0 Å². The fraction of sp³-hybridized carbons (Fsp3) is 0.143. The average Bonchev–Trinajstić information content (AvgIpc) is 2.33. The lowest BCUT2D eigenvalue weighted by Crippen LogP contribution is -1.94. The van der Waals surface area contributed by atoms with Crippen LogP contribution in [0.4, 0.5) is 0 Å². The van der Waals surface area contributed by atoms with Crippen LogP contribution in [0.25, 0.3) is 0 Å². The van der Waals surface area contributed by atoms with Gasteiger partial charge in [-0.15, -0.1) is 11.6 Å². The highest BCUT2D eigenvalue weighted by atomic mass is 79.9. The van der Waals surface area contributed by atoms with E-state index < -0.39 is 0 Å². The van der Waals surface area contributed by atoms with E-state index in [9.17, 15) is 0 Å². The number of rotatable bonds is 2. The summed E-state index contributed by atoms with van der Waals surface area (Å²) in [7, 11) is 0. The maximum absolute atomic E-state index is 6.46. The second kappa shape index (κ2) is 5.43. The molecular formula is C14H11BrCl2. The summed E-state index contributed by atoms with van der Waals surface area (Å²) in [6.45, 7) is 2.05. The zero-order chi connectivity index (χ0) is 12.4. The van der Waals surface area contributed by atoms with Crippen molar-refractivity contribution < 1.29 is 0 Å². The molecule has 0 fully saturated rings. The number of alkyl halides is 1. The molecule has 0 spiro atoms. The minimum absolute atomic E-state index is 0.222. The summed E-state index contributed by atoms with van der Waals surface area (Å²) >= 11 is 16.1. The first-order valence-electron chi connectivity index (χ1n) is 5.24. The Morgan fingerprint density at radius 3 is 2.35 bits per heavy atom. The Bertz CT molecular complexity index is 520. The standard InChI is InChI=1S/C14H11BrCl2/c1-9-5-7-10(8-6-9)13(16)11-3-2-4-12(15)14(11)17/h2-8,13H,1H3. The highest BCUT2D eigenvalue weighted by molar-refractivity contribution is 9.10. The molecule has 0 aliphatic heterocycles. The van der Waals surface area contributed by atoms with Crippen LogP contribution in [0.5, 0.6) is 0 Å². The number of aryl methyl sites for hydroxylation is 1. The van der Waals surface area contributed by atoms with E-state index in [-0.39, 0.29) is 5.38 Å². The van der Waals surface area contributed by atoms with E-state index in [1.54, 1.807) is 0 Å². The van der Waals surface area contributed by atoms with E-state index >= 15 is 0 Å². The van der Waals surface area contributed by atoms with Crippen LogP contribution in [0, 0.1) is 6.92 Å². The lowest BCUT2D eigenvalue weighted by atomic mass is 10.0. The van der Waals surface area contributed by atoms with Crippen molar-refractivity contribution in [3.8, 4) is 0 Å². The molecule has 0 amide bonds. The van der Waals surface area contributed by atoms with E-state index in [0.29, 0.717) is 5.02 Å². The minimum atomic E-state index is -0.222. The SMILES string of the molecule is Cc1ccc(C(Cl)c2cccc(Br)c2Cl)cc1. The first-order chi connectivity index (χ1) is 8.09. The van der Waals surface area contributed by atoms with Gasteiger partial charge < -0.3 is 0 Å². The number of hydrogen-bond acceptors (Lipinski definition) is 0. The smallest absolute Gasteiger partial charge is 0.0850 e. The molecular weight excluding hydrogens is 319 g/mol.